The fourth-order valence-electron chi connectivity index (χ4n) is 8.90. The topological polar surface area (TPSA) is 65.6 Å². The third-order valence-electron chi connectivity index (χ3n) is 13.8. The number of nitrogens with zero attached hydrogens (tertiary/aromatic N) is 4. The molecule has 4 heterocycles. The summed E-state index contributed by atoms with van der Waals surface area (Å²) in [5.74, 6) is 0.246. The Balaban J connectivity index is 1.34. The van der Waals surface area contributed by atoms with Crippen LogP contribution in [0, 0.1) is 0 Å². The van der Waals surface area contributed by atoms with E-state index in [0.29, 0.717) is 25.9 Å². The van der Waals surface area contributed by atoms with Crippen LogP contribution in [0.5, 0.6) is 0 Å². The van der Waals surface area contributed by atoms with Crippen molar-refractivity contribution < 1.29 is 18.4 Å². The summed E-state index contributed by atoms with van der Waals surface area (Å²) in [7, 11) is -4.15. The van der Waals surface area contributed by atoms with Gasteiger partial charge in [-0.15, -0.1) is 0 Å². The lowest BCUT2D eigenvalue weighted by Crippen LogP contribution is -2.45. The molecule has 8 nitrogen and oxygen atoms in total. The van der Waals surface area contributed by atoms with Crippen LogP contribution >= 0.6 is 0 Å². The molecule has 0 saturated carbocycles. The Labute approximate surface area is 338 Å². The van der Waals surface area contributed by atoms with E-state index in [4.69, 9.17) is 8.85 Å². The van der Waals surface area contributed by atoms with Gasteiger partial charge in [-0.2, -0.15) is 0 Å². The minimum Gasteiger partial charge on any atom is -0.413 e. The molecule has 56 heavy (non-hydrogen) atoms. The van der Waals surface area contributed by atoms with Crippen molar-refractivity contribution >= 4 is 39.8 Å². The van der Waals surface area contributed by atoms with Crippen molar-refractivity contribution in [2.45, 2.75) is 153 Å². The molecule has 3 aromatic rings. The fraction of sp³-hybridized carbons (Fsp3) is 0.565. The standard InChI is InChI=1S/C46H66N4O4Si2/c1-44(2,3)37-25-24-31(40-47-29-34(53-55(10,11)45(4,5)6)27-38(47)42(51)49(40)32-20-16-14-17-21-32)26-36(37)41-48-30-35(54-56(12,13)46(7,8)9)28-39(48)43(52)50(41)33-22-18-15-19-23-33/h14-26,34-35,38-41H,27-30H2,1-13H3/t34-,35-,38+,39+,40-,41-/m1/s1. The fourth-order valence-corrected chi connectivity index (χ4v) is 11.6. The summed E-state index contributed by atoms with van der Waals surface area (Å²) >= 11 is 0. The van der Waals surface area contributed by atoms with Gasteiger partial charge < -0.3 is 8.85 Å². The Kier molecular flexibility index (Phi) is 10.5. The second-order valence-electron chi connectivity index (χ2n) is 20.8. The number of rotatable bonds is 8. The van der Waals surface area contributed by atoms with Gasteiger partial charge >= 0.3 is 0 Å². The van der Waals surface area contributed by atoms with Crippen LogP contribution in [0.2, 0.25) is 36.3 Å². The van der Waals surface area contributed by atoms with Gasteiger partial charge in [0.05, 0.1) is 24.3 Å². The maximum atomic E-state index is 14.8. The molecule has 10 heteroatoms. The summed E-state index contributed by atoms with van der Waals surface area (Å²) < 4.78 is 14.0. The van der Waals surface area contributed by atoms with E-state index in [1.807, 2.05) is 58.3 Å². The Morgan fingerprint density at radius 2 is 0.982 bits per heavy atom. The van der Waals surface area contributed by atoms with Crippen molar-refractivity contribution in [3.05, 3.63) is 95.6 Å². The van der Waals surface area contributed by atoms with E-state index in [0.717, 1.165) is 22.5 Å². The number of para-hydroxylation sites is 2. The van der Waals surface area contributed by atoms with Gasteiger partial charge in [0.2, 0.25) is 11.8 Å². The molecular formula is C46H66N4O4Si2. The zero-order valence-electron chi connectivity index (χ0n) is 36.2. The van der Waals surface area contributed by atoms with Gasteiger partial charge in [-0.25, -0.2) is 0 Å². The molecule has 0 bridgehead atoms. The van der Waals surface area contributed by atoms with Gasteiger partial charge in [-0.3, -0.25) is 29.2 Å². The lowest BCUT2D eigenvalue weighted by Gasteiger charge is -2.40. The molecule has 0 aliphatic carbocycles. The average Bonchev–Trinajstić information content (AvgIpc) is 3.83. The molecule has 0 N–H and O–H groups in total. The molecule has 0 spiro atoms. The normalized spacial score (nSPS) is 26.7. The highest BCUT2D eigenvalue weighted by atomic mass is 28.4. The molecule has 4 aliphatic rings. The van der Waals surface area contributed by atoms with Gasteiger partial charge in [-0.05, 0) is 102 Å². The zero-order chi connectivity index (χ0) is 40.7. The first kappa shape index (κ1) is 41.0. The van der Waals surface area contributed by atoms with Crippen molar-refractivity contribution in [1.29, 1.82) is 0 Å². The lowest BCUT2D eigenvalue weighted by atomic mass is 9.81. The van der Waals surface area contributed by atoms with Crippen LogP contribution in [-0.2, 0) is 23.9 Å². The number of carbonyl (C=O) groups is 2. The number of carbonyl (C=O) groups excluding carboxylic acids is 2. The maximum Gasteiger partial charge on any atom is 0.246 e. The predicted octanol–water partition coefficient (Wildman–Crippen LogP) is 10.0. The molecular weight excluding hydrogens is 729 g/mol. The number of amides is 2. The van der Waals surface area contributed by atoms with Gasteiger partial charge in [0, 0.05) is 24.5 Å². The first-order valence-corrected chi connectivity index (χ1v) is 26.6. The Morgan fingerprint density at radius 1 is 0.571 bits per heavy atom. The van der Waals surface area contributed by atoms with Crippen LogP contribution in [0.3, 0.4) is 0 Å². The van der Waals surface area contributed by atoms with E-state index in [-0.39, 0.29) is 63.9 Å². The third kappa shape index (κ3) is 7.28. The summed E-state index contributed by atoms with van der Waals surface area (Å²) in [6, 6.07) is 26.6. The van der Waals surface area contributed by atoms with Crippen LogP contribution in [0.1, 0.15) is 104 Å². The van der Waals surface area contributed by atoms with Crippen molar-refractivity contribution in [2.75, 3.05) is 22.9 Å². The van der Waals surface area contributed by atoms with Gasteiger partial charge in [-0.1, -0.05) is 111 Å². The Hall–Kier alpha value is -3.13. The highest BCUT2D eigenvalue weighted by Gasteiger charge is 2.57. The smallest absolute Gasteiger partial charge is 0.246 e. The van der Waals surface area contributed by atoms with Crippen LogP contribution in [-0.4, -0.2) is 75.6 Å². The largest absolute Gasteiger partial charge is 0.413 e. The second kappa shape index (κ2) is 14.3. The number of benzene rings is 3. The van der Waals surface area contributed by atoms with Crippen molar-refractivity contribution in [3.63, 3.8) is 0 Å². The van der Waals surface area contributed by atoms with Gasteiger partial charge in [0.25, 0.3) is 0 Å². The molecule has 0 unspecified atom stereocenters. The Bertz CT molecular complexity index is 1930. The second-order valence-corrected chi connectivity index (χ2v) is 30.3. The molecule has 4 fully saturated rings. The van der Waals surface area contributed by atoms with Crippen LogP contribution in [0.25, 0.3) is 0 Å². The van der Waals surface area contributed by atoms with Crippen LogP contribution in [0.4, 0.5) is 11.4 Å². The third-order valence-corrected chi connectivity index (χ3v) is 22.9. The molecule has 6 atom stereocenters. The van der Waals surface area contributed by atoms with Gasteiger partial charge in [0.15, 0.2) is 16.6 Å². The zero-order valence-corrected chi connectivity index (χ0v) is 38.2. The van der Waals surface area contributed by atoms with Gasteiger partial charge in [0.1, 0.15) is 12.3 Å². The summed E-state index contributed by atoms with van der Waals surface area (Å²) in [5.41, 5.74) is 4.94. The molecule has 2 amide bonds. The van der Waals surface area contributed by atoms with E-state index in [9.17, 15) is 9.59 Å². The molecule has 0 radical (unpaired) electrons. The van der Waals surface area contributed by atoms with E-state index in [1.165, 1.54) is 5.56 Å². The molecule has 302 valence electrons. The quantitative estimate of drug-likeness (QED) is 0.212. The summed E-state index contributed by atoms with van der Waals surface area (Å²) in [6.45, 7) is 31.0. The van der Waals surface area contributed by atoms with E-state index >= 15 is 0 Å². The van der Waals surface area contributed by atoms with E-state index < -0.39 is 16.6 Å². The predicted molar refractivity (Wildman–Crippen MR) is 233 cm³/mol. The number of hydrogen-bond donors (Lipinski definition) is 0. The lowest BCUT2D eigenvalue weighted by molar-refractivity contribution is -0.120. The van der Waals surface area contributed by atoms with Crippen LogP contribution in [0.15, 0.2) is 78.9 Å². The summed E-state index contributed by atoms with van der Waals surface area (Å²) in [6.07, 6.45) is 0.686. The highest BCUT2D eigenvalue weighted by molar-refractivity contribution is 6.74. The molecule has 4 aliphatic heterocycles. The molecule has 7 rings (SSSR count). The van der Waals surface area contributed by atoms with Crippen molar-refractivity contribution in [3.8, 4) is 0 Å². The minimum absolute atomic E-state index is 0.0113. The SMILES string of the molecule is CC(C)(C)c1ccc([C@H]2N(c3ccccc3)C(=O)[C@@H]3C[C@@H](O[Si](C)(C)C(C)(C)C)CN32)cc1[C@H]1N(c2ccccc2)C(=O)[C@@H]2C[C@@H](O[Si](C)(C)C(C)(C)C)CN21. The number of anilines is 2. The number of hydrogen-bond acceptors (Lipinski definition) is 6. The maximum absolute atomic E-state index is 14.8. The minimum atomic E-state index is -2.08. The highest BCUT2D eigenvalue weighted by Crippen LogP contribution is 2.50. The van der Waals surface area contributed by atoms with E-state index in [1.54, 1.807) is 0 Å². The molecule has 3 aromatic carbocycles. The summed E-state index contributed by atoms with van der Waals surface area (Å²) in [4.78, 5) is 38.3. The average molecular weight is 795 g/mol. The van der Waals surface area contributed by atoms with Crippen LogP contribution < -0.4 is 9.80 Å². The van der Waals surface area contributed by atoms with Crippen molar-refractivity contribution in [1.82, 2.24) is 9.80 Å². The summed E-state index contributed by atoms with van der Waals surface area (Å²) in [5, 5.41) is 0.140. The molecule has 4 saturated heterocycles. The Morgan fingerprint density at radius 3 is 1.39 bits per heavy atom. The van der Waals surface area contributed by atoms with E-state index in [2.05, 4.69) is 129 Å². The first-order valence-electron chi connectivity index (χ1n) is 20.8. The molecule has 0 aromatic heterocycles. The monoisotopic (exact) mass is 794 g/mol. The van der Waals surface area contributed by atoms with Crippen molar-refractivity contribution in [2.24, 2.45) is 0 Å². The first-order chi connectivity index (χ1) is 26.0. The number of fused-ring (bicyclic) bond motifs is 2.